The predicted octanol–water partition coefficient (Wildman–Crippen LogP) is 2.39. The molecule has 2 atom stereocenters. The normalized spacial score (nSPS) is 17.3. The molecule has 0 bridgehead atoms. The number of amides is 2. The van der Waals surface area contributed by atoms with Crippen LogP contribution in [0.5, 0.6) is 0 Å². The van der Waals surface area contributed by atoms with Crippen LogP contribution in [0.2, 0.25) is 0 Å². The van der Waals surface area contributed by atoms with Crippen LogP contribution in [0.4, 0.5) is 4.39 Å². The van der Waals surface area contributed by atoms with Gasteiger partial charge in [-0.1, -0.05) is 25.1 Å². The van der Waals surface area contributed by atoms with Gasteiger partial charge in [0.2, 0.25) is 0 Å². The van der Waals surface area contributed by atoms with Crippen LogP contribution in [0.15, 0.2) is 41.8 Å². The monoisotopic (exact) mass is 432 g/mol. The fourth-order valence-electron chi connectivity index (χ4n) is 3.78. The summed E-state index contributed by atoms with van der Waals surface area (Å²) in [6, 6.07) is 9.72. The summed E-state index contributed by atoms with van der Waals surface area (Å²) in [7, 11) is 0. The highest BCUT2D eigenvalue weighted by Gasteiger charge is 2.31. The first-order valence-corrected chi connectivity index (χ1v) is 11.2. The zero-order valence-corrected chi connectivity index (χ0v) is 18.3. The molecule has 2 aromatic rings. The Morgan fingerprint density at radius 1 is 1.10 bits per heavy atom. The molecule has 1 aliphatic heterocycles. The van der Waals surface area contributed by atoms with Gasteiger partial charge in [0.15, 0.2) is 0 Å². The third-order valence-corrected chi connectivity index (χ3v) is 6.43. The number of carbonyl (C=O) groups is 2. The van der Waals surface area contributed by atoms with Crippen LogP contribution in [0, 0.1) is 5.82 Å². The number of hydrogen-bond donors (Lipinski definition) is 2. The maximum absolute atomic E-state index is 13.0. The molecule has 2 N–H and O–H groups in total. The number of carbonyl (C=O) groups excluding carboxylic acids is 2. The van der Waals surface area contributed by atoms with Crippen molar-refractivity contribution < 1.29 is 14.0 Å². The van der Waals surface area contributed by atoms with E-state index in [1.54, 1.807) is 23.5 Å². The molecule has 2 amide bonds. The van der Waals surface area contributed by atoms with Crippen molar-refractivity contribution in [2.75, 3.05) is 32.7 Å². The highest BCUT2D eigenvalue weighted by molar-refractivity contribution is 7.10. The predicted molar refractivity (Wildman–Crippen MR) is 117 cm³/mol. The fourth-order valence-corrected chi connectivity index (χ4v) is 4.74. The molecule has 8 heteroatoms. The SMILES string of the molecule is CCN1CCN([C@@H](c2cccs2)[C@H](C)NC(=O)C(=O)NCc2ccc(F)cc2)CC1. The molecule has 6 nitrogen and oxygen atoms in total. The van der Waals surface area contributed by atoms with E-state index in [0.29, 0.717) is 0 Å². The van der Waals surface area contributed by atoms with Crippen molar-refractivity contribution >= 4 is 23.2 Å². The molecule has 30 heavy (non-hydrogen) atoms. The summed E-state index contributed by atoms with van der Waals surface area (Å²) in [6.45, 7) is 9.17. The first-order chi connectivity index (χ1) is 14.5. The zero-order valence-electron chi connectivity index (χ0n) is 17.4. The number of rotatable bonds is 7. The summed E-state index contributed by atoms with van der Waals surface area (Å²) in [5, 5.41) is 7.51. The van der Waals surface area contributed by atoms with Crippen LogP contribution in [0.25, 0.3) is 0 Å². The van der Waals surface area contributed by atoms with Crippen molar-refractivity contribution in [2.45, 2.75) is 32.5 Å². The zero-order chi connectivity index (χ0) is 21.5. The van der Waals surface area contributed by atoms with Gasteiger partial charge in [-0.25, -0.2) is 4.39 Å². The number of nitrogens with zero attached hydrogens (tertiary/aromatic N) is 2. The quantitative estimate of drug-likeness (QED) is 0.660. The molecule has 1 aromatic carbocycles. The van der Waals surface area contributed by atoms with E-state index < -0.39 is 11.8 Å². The maximum Gasteiger partial charge on any atom is 0.309 e. The number of hydrogen-bond acceptors (Lipinski definition) is 5. The van der Waals surface area contributed by atoms with Gasteiger partial charge in [-0.05, 0) is 42.6 Å². The molecule has 1 aromatic heterocycles. The van der Waals surface area contributed by atoms with Crippen molar-refractivity contribution in [3.8, 4) is 0 Å². The van der Waals surface area contributed by atoms with E-state index in [9.17, 15) is 14.0 Å². The van der Waals surface area contributed by atoms with Gasteiger partial charge >= 0.3 is 11.8 Å². The molecule has 0 aliphatic carbocycles. The lowest BCUT2D eigenvalue weighted by Crippen LogP contribution is -2.53. The van der Waals surface area contributed by atoms with Crippen molar-refractivity contribution in [3.05, 3.63) is 58.0 Å². The average Bonchev–Trinajstić information content (AvgIpc) is 3.28. The summed E-state index contributed by atoms with van der Waals surface area (Å²) in [5.74, 6) is -1.68. The summed E-state index contributed by atoms with van der Waals surface area (Å²) in [4.78, 5) is 30.7. The summed E-state index contributed by atoms with van der Waals surface area (Å²) in [5.41, 5.74) is 0.732. The average molecular weight is 433 g/mol. The van der Waals surface area contributed by atoms with Gasteiger partial charge in [0.1, 0.15) is 5.82 Å². The second-order valence-corrected chi connectivity index (χ2v) is 8.48. The number of piperazine rings is 1. The Morgan fingerprint density at radius 3 is 2.40 bits per heavy atom. The molecular weight excluding hydrogens is 403 g/mol. The van der Waals surface area contributed by atoms with Gasteiger partial charge in [0.25, 0.3) is 0 Å². The highest BCUT2D eigenvalue weighted by atomic mass is 32.1. The molecule has 2 heterocycles. The molecule has 3 rings (SSSR count). The minimum absolute atomic E-state index is 0.0258. The number of likely N-dealkylation sites (N-methyl/N-ethyl adjacent to an activating group) is 1. The van der Waals surface area contributed by atoms with Crippen molar-refractivity contribution in [3.63, 3.8) is 0 Å². The Kier molecular flexibility index (Phi) is 7.95. The van der Waals surface area contributed by atoms with E-state index in [4.69, 9.17) is 0 Å². The van der Waals surface area contributed by atoms with E-state index in [1.165, 1.54) is 17.0 Å². The summed E-state index contributed by atoms with van der Waals surface area (Å²) < 4.78 is 13.0. The van der Waals surface area contributed by atoms with Gasteiger partial charge < -0.3 is 15.5 Å². The third-order valence-electron chi connectivity index (χ3n) is 5.49. The molecule has 0 unspecified atom stereocenters. The second-order valence-electron chi connectivity index (χ2n) is 7.50. The summed E-state index contributed by atoms with van der Waals surface area (Å²) in [6.07, 6.45) is 0. The molecule has 0 spiro atoms. The lowest BCUT2D eigenvalue weighted by atomic mass is 10.0. The molecule has 1 aliphatic rings. The molecule has 1 fully saturated rings. The Bertz CT molecular complexity index is 820. The van der Waals surface area contributed by atoms with Crippen molar-refractivity contribution in [1.29, 1.82) is 0 Å². The second kappa shape index (κ2) is 10.7. The first-order valence-electron chi connectivity index (χ1n) is 10.3. The van der Waals surface area contributed by atoms with Crippen LogP contribution in [-0.2, 0) is 16.1 Å². The van der Waals surface area contributed by atoms with Crippen LogP contribution >= 0.6 is 11.3 Å². The third kappa shape index (κ3) is 5.87. The Morgan fingerprint density at radius 2 is 1.80 bits per heavy atom. The first kappa shape index (κ1) is 22.4. The number of benzene rings is 1. The topological polar surface area (TPSA) is 64.7 Å². The smallest absolute Gasteiger partial charge is 0.309 e. The van der Waals surface area contributed by atoms with Crippen molar-refractivity contribution in [2.24, 2.45) is 0 Å². The lowest BCUT2D eigenvalue weighted by Gasteiger charge is -2.41. The van der Waals surface area contributed by atoms with Gasteiger partial charge in [-0.3, -0.25) is 14.5 Å². The largest absolute Gasteiger partial charge is 0.344 e. The van der Waals surface area contributed by atoms with Gasteiger partial charge in [-0.15, -0.1) is 11.3 Å². The van der Waals surface area contributed by atoms with E-state index in [0.717, 1.165) is 38.3 Å². The van der Waals surface area contributed by atoms with Crippen LogP contribution in [0.1, 0.15) is 30.3 Å². The molecule has 0 saturated carbocycles. The number of halogens is 1. The lowest BCUT2D eigenvalue weighted by molar-refractivity contribution is -0.140. The molecule has 1 saturated heterocycles. The van der Waals surface area contributed by atoms with Gasteiger partial charge in [0.05, 0.1) is 6.04 Å². The number of nitrogens with one attached hydrogen (secondary N) is 2. The highest BCUT2D eigenvalue weighted by Crippen LogP contribution is 2.29. The van der Waals surface area contributed by atoms with Gasteiger partial charge in [-0.2, -0.15) is 0 Å². The van der Waals surface area contributed by atoms with E-state index in [-0.39, 0.29) is 24.4 Å². The Balaban J connectivity index is 1.59. The Labute approximate surface area is 181 Å². The van der Waals surface area contributed by atoms with Crippen LogP contribution < -0.4 is 10.6 Å². The fraction of sp³-hybridized carbons (Fsp3) is 0.455. The number of thiophene rings is 1. The minimum atomic E-state index is -0.688. The van der Waals surface area contributed by atoms with E-state index in [2.05, 4.69) is 33.4 Å². The summed E-state index contributed by atoms with van der Waals surface area (Å²) >= 11 is 1.67. The molecule has 0 radical (unpaired) electrons. The maximum atomic E-state index is 13.0. The molecule has 162 valence electrons. The van der Waals surface area contributed by atoms with Gasteiger partial charge in [0, 0.05) is 43.6 Å². The van der Waals surface area contributed by atoms with E-state index >= 15 is 0 Å². The van der Waals surface area contributed by atoms with E-state index in [1.807, 2.05) is 18.4 Å². The minimum Gasteiger partial charge on any atom is -0.344 e. The van der Waals surface area contributed by atoms with Crippen molar-refractivity contribution in [1.82, 2.24) is 20.4 Å². The Hall–Kier alpha value is -2.29. The van der Waals surface area contributed by atoms with Crippen LogP contribution in [-0.4, -0.2) is 60.4 Å². The van der Waals surface area contributed by atoms with Crippen LogP contribution in [0.3, 0.4) is 0 Å². The standard InChI is InChI=1S/C22H29FN4O2S/c1-3-26-10-12-27(13-11-26)20(19-5-4-14-30-19)16(2)25-22(29)21(28)24-15-17-6-8-18(23)9-7-17/h4-9,14,16,20H,3,10-13,15H2,1-2H3,(H,24,28)(H,25,29)/t16-,20+/m0/s1. The molecular formula is C22H29FN4O2S.